The minimum Gasteiger partial charge on any atom is -0.321 e. The van der Waals surface area contributed by atoms with Gasteiger partial charge in [-0.25, -0.2) is 4.99 Å². The number of aryl methyl sites for hydroxylation is 2. The van der Waals surface area contributed by atoms with Gasteiger partial charge in [-0.05, 0) is 20.8 Å². The first-order chi connectivity index (χ1) is 5.40. The second-order valence-electron chi connectivity index (χ2n) is 4.10. The number of aromatic nitrogens is 2. The van der Waals surface area contributed by atoms with Crippen molar-refractivity contribution in [3.8, 4) is 0 Å². The van der Waals surface area contributed by atoms with Crippen molar-refractivity contribution < 1.29 is 0 Å². The fraction of sp³-hybridized carbons (Fsp3) is 0.667. The van der Waals surface area contributed by atoms with Gasteiger partial charge in [0.2, 0.25) is 5.62 Å². The van der Waals surface area contributed by atoms with Crippen LogP contribution in [0.5, 0.6) is 0 Å². The minimum atomic E-state index is -0.0100. The third-order valence-electron chi connectivity index (χ3n) is 1.58. The predicted octanol–water partition coefficient (Wildman–Crippen LogP) is 1.06. The van der Waals surface area contributed by atoms with Crippen molar-refractivity contribution >= 4 is 0 Å². The van der Waals surface area contributed by atoms with Crippen molar-refractivity contribution in [2.75, 3.05) is 0 Å². The van der Waals surface area contributed by atoms with Crippen molar-refractivity contribution in [3.63, 3.8) is 0 Å². The summed E-state index contributed by atoms with van der Waals surface area (Å²) in [5.41, 5.74) is 0.992. The highest BCUT2D eigenvalue weighted by atomic mass is 15.2. The van der Waals surface area contributed by atoms with Gasteiger partial charge < -0.3 is 9.13 Å². The smallest absolute Gasteiger partial charge is 0.204 e. The van der Waals surface area contributed by atoms with E-state index in [0.29, 0.717) is 0 Å². The number of nitrogens with zero attached hydrogens (tertiary/aromatic N) is 3. The molecular formula is C9H17N3. The molecule has 0 radical (unpaired) electrons. The zero-order valence-electron chi connectivity index (χ0n) is 8.50. The first-order valence-corrected chi connectivity index (χ1v) is 4.14. The van der Waals surface area contributed by atoms with E-state index in [0.717, 1.165) is 5.62 Å². The average Bonchev–Trinajstić information content (AvgIpc) is 2.16. The summed E-state index contributed by atoms with van der Waals surface area (Å²) < 4.78 is 4.04. The summed E-state index contributed by atoms with van der Waals surface area (Å²) in [6, 6.07) is 0. The Bertz CT molecular complexity index is 300. The van der Waals surface area contributed by atoms with E-state index in [2.05, 4.69) is 25.8 Å². The molecule has 0 N–H and O–H groups in total. The van der Waals surface area contributed by atoms with E-state index in [4.69, 9.17) is 0 Å². The summed E-state index contributed by atoms with van der Waals surface area (Å²) in [5, 5.41) is 0. The second-order valence-corrected chi connectivity index (χ2v) is 4.10. The molecule has 0 aliphatic heterocycles. The van der Waals surface area contributed by atoms with Crippen LogP contribution < -0.4 is 5.62 Å². The van der Waals surface area contributed by atoms with E-state index in [9.17, 15) is 0 Å². The zero-order chi connectivity index (χ0) is 9.35. The Morgan fingerprint density at radius 2 is 1.50 bits per heavy atom. The van der Waals surface area contributed by atoms with Crippen LogP contribution in [0.2, 0.25) is 0 Å². The SMILES string of the molecule is Cn1ccn(C)c1=NC(C)(C)C. The monoisotopic (exact) mass is 167 g/mol. The van der Waals surface area contributed by atoms with Gasteiger partial charge in [0.05, 0.1) is 5.54 Å². The van der Waals surface area contributed by atoms with Gasteiger partial charge in [0.25, 0.3) is 0 Å². The van der Waals surface area contributed by atoms with Crippen molar-refractivity contribution in [2.45, 2.75) is 26.3 Å². The van der Waals surface area contributed by atoms with Crippen LogP contribution in [0.3, 0.4) is 0 Å². The van der Waals surface area contributed by atoms with E-state index >= 15 is 0 Å². The average molecular weight is 167 g/mol. The molecule has 0 saturated carbocycles. The molecule has 1 heterocycles. The highest BCUT2D eigenvalue weighted by Gasteiger charge is 2.07. The molecule has 12 heavy (non-hydrogen) atoms. The van der Waals surface area contributed by atoms with Crippen LogP contribution in [0.25, 0.3) is 0 Å². The normalized spacial score (nSPS) is 11.8. The van der Waals surface area contributed by atoms with Crippen LogP contribution in [-0.4, -0.2) is 14.7 Å². The van der Waals surface area contributed by atoms with Crippen LogP contribution in [0, 0.1) is 0 Å². The molecule has 0 spiro atoms. The molecule has 0 aliphatic carbocycles. The molecule has 0 unspecified atom stereocenters. The Balaban J connectivity index is 3.26. The van der Waals surface area contributed by atoms with Gasteiger partial charge in [-0.15, -0.1) is 0 Å². The number of hydrogen-bond donors (Lipinski definition) is 0. The molecule has 0 atom stereocenters. The Labute approximate surface area is 73.4 Å². The van der Waals surface area contributed by atoms with E-state index in [1.165, 1.54) is 0 Å². The topological polar surface area (TPSA) is 22.2 Å². The molecule has 3 heteroatoms. The maximum atomic E-state index is 4.58. The molecule has 1 aromatic rings. The molecule has 0 aliphatic rings. The highest BCUT2D eigenvalue weighted by molar-refractivity contribution is 4.81. The Hall–Kier alpha value is -0.990. The lowest BCUT2D eigenvalue weighted by Crippen LogP contribution is -2.27. The van der Waals surface area contributed by atoms with Crippen LogP contribution in [0.1, 0.15) is 20.8 Å². The standard InChI is InChI=1S/C9H17N3/c1-9(2,3)10-8-11(4)6-7-12(8)5/h6-7H,1-5H3. The quantitative estimate of drug-likeness (QED) is 0.551. The summed E-state index contributed by atoms with van der Waals surface area (Å²) in [6.45, 7) is 6.29. The first-order valence-electron chi connectivity index (χ1n) is 4.14. The third kappa shape index (κ3) is 2.00. The maximum absolute atomic E-state index is 4.58. The Morgan fingerprint density at radius 1 is 1.08 bits per heavy atom. The van der Waals surface area contributed by atoms with Crippen LogP contribution in [-0.2, 0) is 14.1 Å². The summed E-state index contributed by atoms with van der Waals surface area (Å²) in [7, 11) is 4.01. The number of imidazole rings is 1. The molecule has 0 bridgehead atoms. The lowest BCUT2D eigenvalue weighted by Gasteiger charge is -2.11. The van der Waals surface area contributed by atoms with Crippen molar-refractivity contribution in [3.05, 3.63) is 18.0 Å². The van der Waals surface area contributed by atoms with Gasteiger partial charge >= 0.3 is 0 Å². The summed E-state index contributed by atoms with van der Waals surface area (Å²) in [4.78, 5) is 4.58. The molecule has 68 valence electrons. The maximum Gasteiger partial charge on any atom is 0.204 e. The van der Waals surface area contributed by atoms with Crippen molar-refractivity contribution in [2.24, 2.45) is 19.1 Å². The van der Waals surface area contributed by atoms with E-state index in [1.807, 2.05) is 35.6 Å². The van der Waals surface area contributed by atoms with Crippen LogP contribution in [0.15, 0.2) is 17.4 Å². The molecule has 1 rings (SSSR count). The molecule has 0 amide bonds. The van der Waals surface area contributed by atoms with E-state index in [-0.39, 0.29) is 5.54 Å². The highest BCUT2D eigenvalue weighted by Crippen LogP contribution is 2.03. The Kier molecular flexibility index (Phi) is 2.13. The molecule has 0 fully saturated rings. The molecular weight excluding hydrogens is 150 g/mol. The number of rotatable bonds is 0. The van der Waals surface area contributed by atoms with E-state index < -0.39 is 0 Å². The zero-order valence-corrected chi connectivity index (χ0v) is 8.50. The van der Waals surface area contributed by atoms with Crippen LogP contribution in [0.4, 0.5) is 0 Å². The van der Waals surface area contributed by atoms with Crippen LogP contribution >= 0.6 is 0 Å². The molecule has 3 nitrogen and oxygen atoms in total. The van der Waals surface area contributed by atoms with Crippen molar-refractivity contribution in [1.29, 1.82) is 0 Å². The van der Waals surface area contributed by atoms with Gasteiger partial charge in [0.1, 0.15) is 0 Å². The molecule has 1 aromatic heterocycles. The fourth-order valence-corrected chi connectivity index (χ4v) is 1.04. The molecule has 0 saturated heterocycles. The third-order valence-corrected chi connectivity index (χ3v) is 1.58. The van der Waals surface area contributed by atoms with Gasteiger partial charge in [-0.2, -0.15) is 0 Å². The van der Waals surface area contributed by atoms with E-state index in [1.54, 1.807) is 0 Å². The summed E-state index contributed by atoms with van der Waals surface area (Å²) >= 11 is 0. The predicted molar refractivity (Wildman–Crippen MR) is 49.7 cm³/mol. The number of hydrogen-bond acceptors (Lipinski definition) is 1. The largest absolute Gasteiger partial charge is 0.321 e. The van der Waals surface area contributed by atoms with Gasteiger partial charge in [-0.3, -0.25) is 0 Å². The molecule has 0 aromatic carbocycles. The Morgan fingerprint density at radius 3 is 1.83 bits per heavy atom. The fourth-order valence-electron chi connectivity index (χ4n) is 1.04. The second kappa shape index (κ2) is 2.81. The van der Waals surface area contributed by atoms with Gasteiger partial charge in [-0.1, -0.05) is 0 Å². The minimum absolute atomic E-state index is 0.0100. The van der Waals surface area contributed by atoms with Gasteiger partial charge in [0.15, 0.2) is 0 Å². The summed E-state index contributed by atoms with van der Waals surface area (Å²) in [5.74, 6) is 0. The summed E-state index contributed by atoms with van der Waals surface area (Å²) in [6.07, 6.45) is 4.01. The van der Waals surface area contributed by atoms with Gasteiger partial charge in [0, 0.05) is 26.5 Å². The lowest BCUT2D eigenvalue weighted by atomic mass is 10.1. The van der Waals surface area contributed by atoms with Crippen molar-refractivity contribution in [1.82, 2.24) is 9.13 Å². The first kappa shape index (κ1) is 9.10. The lowest BCUT2D eigenvalue weighted by molar-refractivity contribution is 0.534.